The number of hydrogen-bond acceptors (Lipinski definition) is 4. The van der Waals surface area contributed by atoms with E-state index in [4.69, 9.17) is 9.72 Å². The van der Waals surface area contributed by atoms with Crippen LogP contribution in [0.3, 0.4) is 0 Å². The molecule has 22 heavy (non-hydrogen) atoms. The second-order valence-corrected chi connectivity index (χ2v) is 5.84. The highest BCUT2D eigenvalue weighted by Gasteiger charge is 2.11. The van der Waals surface area contributed by atoms with E-state index in [9.17, 15) is 0 Å². The van der Waals surface area contributed by atoms with Crippen molar-refractivity contribution in [3.63, 3.8) is 0 Å². The van der Waals surface area contributed by atoms with Crippen molar-refractivity contribution in [3.05, 3.63) is 24.2 Å². The second-order valence-electron chi connectivity index (χ2n) is 5.84. The standard InChI is InChI=1S/C17H28N4O/c1-4-22-14-13-21-16(10-6-5-7-12-20(2)3)19-15-9-8-11-18-17(15)21/h8-9,11H,4-7,10,12-14H2,1-3H3. The molecule has 5 nitrogen and oxygen atoms in total. The van der Waals surface area contributed by atoms with Crippen LogP contribution in [0.5, 0.6) is 0 Å². The fourth-order valence-electron chi connectivity index (χ4n) is 2.62. The molecule has 0 radical (unpaired) electrons. The molecule has 2 aromatic heterocycles. The molecule has 0 saturated heterocycles. The number of aryl methyl sites for hydroxylation is 1. The molecule has 0 saturated carbocycles. The first-order valence-electron chi connectivity index (χ1n) is 8.25. The molecule has 5 heteroatoms. The third-order valence-electron chi connectivity index (χ3n) is 3.75. The van der Waals surface area contributed by atoms with E-state index in [1.807, 2.05) is 25.3 Å². The van der Waals surface area contributed by atoms with Crippen molar-refractivity contribution in [3.8, 4) is 0 Å². The van der Waals surface area contributed by atoms with Gasteiger partial charge in [-0.1, -0.05) is 6.42 Å². The average Bonchev–Trinajstić information content (AvgIpc) is 2.85. The molecule has 0 unspecified atom stereocenters. The van der Waals surface area contributed by atoms with Crippen molar-refractivity contribution < 1.29 is 4.74 Å². The number of ether oxygens (including phenoxy) is 1. The van der Waals surface area contributed by atoms with E-state index in [0.29, 0.717) is 6.61 Å². The van der Waals surface area contributed by atoms with E-state index in [-0.39, 0.29) is 0 Å². The highest BCUT2D eigenvalue weighted by atomic mass is 16.5. The van der Waals surface area contributed by atoms with E-state index in [0.717, 1.165) is 43.1 Å². The summed E-state index contributed by atoms with van der Waals surface area (Å²) in [5.41, 5.74) is 1.97. The summed E-state index contributed by atoms with van der Waals surface area (Å²) in [5, 5.41) is 0. The predicted octanol–water partition coefficient (Wildman–Crippen LogP) is 2.74. The SMILES string of the molecule is CCOCCn1c(CCCCCN(C)C)nc2cccnc21. The summed E-state index contributed by atoms with van der Waals surface area (Å²) >= 11 is 0. The smallest absolute Gasteiger partial charge is 0.160 e. The van der Waals surface area contributed by atoms with Gasteiger partial charge in [0.25, 0.3) is 0 Å². The zero-order valence-electron chi connectivity index (χ0n) is 14.1. The highest BCUT2D eigenvalue weighted by Crippen LogP contribution is 2.15. The molecule has 0 spiro atoms. The van der Waals surface area contributed by atoms with Crippen LogP contribution in [0.15, 0.2) is 18.3 Å². The Morgan fingerprint density at radius 1 is 1.23 bits per heavy atom. The molecule has 0 fully saturated rings. The lowest BCUT2D eigenvalue weighted by Crippen LogP contribution is -2.13. The van der Waals surface area contributed by atoms with E-state index in [1.54, 1.807) is 0 Å². The summed E-state index contributed by atoms with van der Waals surface area (Å²) in [6.45, 7) is 5.47. The monoisotopic (exact) mass is 304 g/mol. The van der Waals surface area contributed by atoms with Crippen LogP contribution in [0.1, 0.15) is 32.0 Å². The maximum atomic E-state index is 5.50. The van der Waals surface area contributed by atoms with Gasteiger partial charge < -0.3 is 14.2 Å². The Hall–Kier alpha value is -1.46. The minimum atomic E-state index is 0.714. The van der Waals surface area contributed by atoms with Crippen LogP contribution >= 0.6 is 0 Å². The molecule has 2 heterocycles. The van der Waals surface area contributed by atoms with Crippen molar-refractivity contribution in [2.24, 2.45) is 0 Å². The van der Waals surface area contributed by atoms with Gasteiger partial charge >= 0.3 is 0 Å². The summed E-state index contributed by atoms with van der Waals surface area (Å²) in [6.07, 6.45) is 6.49. The number of imidazole rings is 1. The molecule has 0 aromatic carbocycles. The zero-order chi connectivity index (χ0) is 15.8. The average molecular weight is 304 g/mol. The normalized spacial score (nSPS) is 11.6. The van der Waals surface area contributed by atoms with Crippen LogP contribution < -0.4 is 0 Å². The molecule has 2 rings (SSSR count). The fraction of sp³-hybridized carbons (Fsp3) is 0.647. The summed E-state index contributed by atoms with van der Waals surface area (Å²) in [7, 11) is 4.25. The Balaban J connectivity index is 1.99. The molecular weight excluding hydrogens is 276 g/mol. The van der Waals surface area contributed by atoms with Crippen LogP contribution in [-0.4, -0.2) is 53.3 Å². The van der Waals surface area contributed by atoms with Gasteiger partial charge in [0.15, 0.2) is 5.65 Å². The maximum absolute atomic E-state index is 5.50. The van der Waals surface area contributed by atoms with Gasteiger partial charge in [0.1, 0.15) is 11.3 Å². The van der Waals surface area contributed by atoms with Crippen LogP contribution in [0, 0.1) is 0 Å². The molecule has 0 N–H and O–H groups in total. The Morgan fingerprint density at radius 3 is 2.86 bits per heavy atom. The van der Waals surface area contributed by atoms with E-state index >= 15 is 0 Å². The number of nitrogens with zero attached hydrogens (tertiary/aromatic N) is 4. The summed E-state index contributed by atoms with van der Waals surface area (Å²) in [4.78, 5) is 11.5. The van der Waals surface area contributed by atoms with E-state index in [2.05, 4.69) is 28.5 Å². The van der Waals surface area contributed by atoms with Crippen molar-refractivity contribution in [2.75, 3.05) is 33.9 Å². The van der Waals surface area contributed by atoms with Crippen LogP contribution in [0.2, 0.25) is 0 Å². The van der Waals surface area contributed by atoms with Gasteiger partial charge in [0, 0.05) is 25.8 Å². The van der Waals surface area contributed by atoms with Gasteiger partial charge in [-0.25, -0.2) is 9.97 Å². The quantitative estimate of drug-likeness (QED) is 0.633. The number of unbranched alkanes of at least 4 members (excludes halogenated alkanes) is 2. The Labute approximate surface area is 133 Å². The molecule has 0 aliphatic rings. The Bertz CT molecular complexity index is 565. The fourth-order valence-corrected chi connectivity index (χ4v) is 2.62. The van der Waals surface area contributed by atoms with Crippen LogP contribution in [0.25, 0.3) is 11.2 Å². The van der Waals surface area contributed by atoms with Gasteiger partial charge in [-0.2, -0.15) is 0 Å². The summed E-state index contributed by atoms with van der Waals surface area (Å²) in [6, 6.07) is 3.98. The molecular formula is C17H28N4O. The molecule has 122 valence electrons. The van der Waals surface area contributed by atoms with Crippen LogP contribution in [0.4, 0.5) is 0 Å². The van der Waals surface area contributed by atoms with Gasteiger partial charge in [-0.3, -0.25) is 0 Å². The first-order valence-corrected chi connectivity index (χ1v) is 8.25. The Kier molecular flexibility index (Phi) is 6.80. The molecule has 2 aromatic rings. The van der Waals surface area contributed by atoms with E-state index < -0.39 is 0 Å². The number of pyridine rings is 1. The molecule has 0 aliphatic heterocycles. The maximum Gasteiger partial charge on any atom is 0.160 e. The third-order valence-corrected chi connectivity index (χ3v) is 3.75. The minimum absolute atomic E-state index is 0.714. The van der Waals surface area contributed by atoms with Crippen molar-refractivity contribution >= 4 is 11.2 Å². The van der Waals surface area contributed by atoms with Crippen molar-refractivity contribution in [1.29, 1.82) is 0 Å². The first-order chi connectivity index (χ1) is 10.7. The topological polar surface area (TPSA) is 43.2 Å². The molecule has 0 bridgehead atoms. The lowest BCUT2D eigenvalue weighted by atomic mass is 10.2. The zero-order valence-corrected chi connectivity index (χ0v) is 14.1. The van der Waals surface area contributed by atoms with Gasteiger partial charge in [0.05, 0.1) is 6.61 Å². The lowest BCUT2D eigenvalue weighted by molar-refractivity contribution is 0.139. The molecule has 0 atom stereocenters. The summed E-state index contributed by atoms with van der Waals surface area (Å²) in [5.74, 6) is 1.14. The number of rotatable bonds is 10. The molecule has 0 amide bonds. The summed E-state index contributed by atoms with van der Waals surface area (Å²) < 4.78 is 7.72. The highest BCUT2D eigenvalue weighted by molar-refractivity contribution is 5.71. The first kappa shape index (κ1) is 16.9. The number of aromatic nitrogens is 3. The number of fused-ring (bicyclic) bond motifs is 1. The lowest BCUT2D eigenvalue weighted by Gasteiger charge is -2.10. The largest absolute Gasteiger partial charge is 0.380 e. The van der Waals surface area contributed by atoms with Crippen molar-refractivity contribution in [2.45, 2.75) is 39.2 Å². The van der Waals surface area contributed by atoms with E-state index in [1.165, 1.54) is 19.3 Å². The van der Waals surface area contributed by atoms with Gasteiger partial charge in [-0.15, -0.1) is 0 Å². The van der Waals surface area contributed by atoms with Crippen molar-refractivity contribution in [1.82, 2.24) is 19.4 Å². The minimum Gasteiger partial charge on any atom is -0.380 e. The number of hydrogen-bond donors (Lipinski definition) is 0. The molecule has 0 aliphatic carbocycles. The van der Waals surface area contributed by atoms with Gasteiger partial charge in [0.2, 0.25) is 0 Å². The third kappa shape index (κ3) is 4.78. The predicted molar refractivity (Wildman–Crippen MR) is 90.1 cm³/mol. The Morgan fingerprint density at radius 2 is 2.09 bits per heavy atom. The second kappa shape index (κ2) is 8.86. The van der Waals surface area contributed by atoms with Crippen LogP contribution in [-0.2, 0) is 17.7 Å². The van der Waals surface area contributed by atoms with Gasteiger partial charge in [-0.05, 0) is 52.5 Å².